The van der Waals surface area contributed by atoms with Crippen molar-refractivity contribution in [2.75, 3.05) is 49.5 Å². The molecule has 2 aromatic carbocycles. The minimum Gasteiger partial charge on any atom is -0.439 e. The van der Waals surface area contributed by atoms with Crippen LogP contribution in [0.1, 0.15) is 22.9 Å². The van der Waals surface area contributed by atoms with E-state index in [-0.39, 0.29) is 12.5 Å². The Balaban J connectivity index is 1.40. The molecule has 9 nitrogen and oxygen atoms in total. The monoisotopic (exact) mass is 561 g/mol. The van der Waals surface area contributed by atoms with Gasteiger partial charge in [0.15, 0.2) is 0 Å². The van der Waals surface area contributed by atoms with E-state index in [9.17, 15) is 10.4 Å². The van der Waals surface area contributed by atoms with Gasteiger partial charge in [0.1, 0.15) is 23.2 Å². The smallest absolute Gasteiger partial charge is 0.224 e. The third-order valence-electron chi connectivity index (χ3n) is 6.64. The third-order valence-corrected chi connectivity index (χ3v) is 7.17. The molecule has 37 heavy (non-hydrogen) atoms. The Kier molecular flexibility index (Phi) is 7.28. The highest BCUT2D eigenvalue weighted by molar-refractivity contribution is 9.10. The second-order valence-electron chi connectivity index (χ2n) is 9.06. The molecule has 190 valence electrons. The minimum atomic E-state index is -0.277. The number of nitrogens with one attached hydrogen (secondary N) is 1. The van der Waals surface area contributed by atoms with E-state index in [4.69, 9.17) is 10.5 Å². The molecule has 0 bridgehead atoms. The van der Waals surface area contributed by atoms with Crippen LogP contribution in [0, 0.1) is 18.3 Å². The Labute approximate surface area is 224 Å². The van der Waals surface area contributed by atoms with Crippen molar-refractivity contribution in [2.24, 2.45) is 5.73 Å². The number of allylic oxidation sites excluding steroid dienone is 1. The summed E-state index contributed by atoms with van der Waals surface area (Å²) in [6.07, 6.45) is 0. The van der Waals surface area contributed by atoms with Crippen molar-refractivity contribution in [2.45, 2.75) is 12.8 Å². The van der Waals surface area contributed by atoms with Gasteiger partial charge in [-0.25, -0.2) is 4.98 Å². The summed E-state index contributed by atoms with van der Waals surface area (Å²) in [5.74, 6) is 2.57. The average molecular weight is 562 g/mol. The molecular formula is C27H28BrN7O2. The molecule has 2 aliphatic heterocycles. The fourth-order valence-corrected chi connectivity index (χ4v) is 5.08. The van der Waals surface area contributed by atoms with Crippen LogP contribution < -0.4 is 20.7 Å². The lowest BCUT2D eigenvalue weighted by Gasteiger charge is -2.35. The van der Waals surface area contributed by atoms with Gasteiger partial charge in [0.25, 0.3) is 0 Å². The van der Waals surface area contributed by atoms with Crippen LogP contribution in [0.25, 0.3) is 0 Å². The van der Waals surface area contributed by atoms with Crippen LogP contribution in [0.5, 0.6) is 11.6 Å². The quantitative estimate of drug-likeness (QED) is 0.413. The van der Waals surface area contributed by atoms with E-state index >= 15 is 0 Å². The van der Waals surface area contributed by atoms with Crippen LogP contribution in [0.15, 0.2) is 64.4 Å². The fraction of sp³-hybridized carbons (Fsp3) is 0.296. The first-order valence-corrected chi connectivity index (χ1v) is 12.9. The number of hydrogen-bond acceptors (Lipinski definition) is 9. The number of halogens is 1. The van der Waals surface area contributed by atoms with Gasteiger partial charge in [-0.3, -0.25) is 4.90 Å². The van der Waals surface area contributed by atoms with Crippen molar-refractivity contribution in [3.8, 4) is 17.7 Å². The molecule has 2 aliphatic rings. The molecule has 1 fully saturated rings. The Morgan fingerprint density at radius 2 is 1.89 bits per heavy atom. The van der Waals surface area contributed by atoms with E-state index in [1.807, 2.05) is 55.5 Å². The molecule has 1 unspecified atom stereocenters. The summed E-state index contributed by atoms with van der Waals surface area (Å²) in [4.78, 5) is 13.5. The number of β-amino-alcohol motifs (C(OH)–C–C–N with tert-alkyl or cyclic N) is 1. The molecule has 1 atom stereocenters. The van der Waals surface area contributed by atoms with Gasteiger partial charge in [-0.15, -0.1) is 0 Å². The summed E-state index contributed by atoms with van der Waals surface area (Å²) in [6, 6.07) is 17.8. The van der Waals surface area contributed by atoms with Crippen molar-refractivity contribution in [1.29, 1.82) is 5.26 Å². The molecule has 0 spiro atoms. The number of piperazine rings is 1. The summed E-state index contributed by atoms with van der Waals surface area (Å²) in [5, 5.41) is 22.2. The second-order valence-corrected chi connectivity index (χ2v) is 9.98. The highest BCUT2D eigenvalue weighted by Crippen LogP contribution is 2.42. The molecule has 10 heteroatoms. The Hall–Kier alpha value is -3.65. The van der Waals surface area contributed by atoms with E-state index in [1.165, 1.54) is 0 Å². The SMILES string of the molecule is Cc1nc(Oc2ccc3c(c2)NC(N)=C(C#N)C3c2ccc(Br)cc2)cc(N2CCN(CCO)CC2)n1. The zero-order chi connectivity index (χ0) is 25.9. The summed E-state index contributed by atoms with van der Waals surface area (Å²) >= 11 is 3.48. The minimum absolute atomic E-state index is 0.170. The van der Waals surface area contributed by atoms with Gasteiger partial charge in [0, 0.05) is 60.9 Å². The predicted molar refractivity (Wildman–Crippen MR) is 145 cm³/mol. The maximum Gasteiger partial charge on any atom is 0.224 e. The zero-order valence-corrected chi connectivity index (χ0v) is 22.1. The molecule has 0 saturated carbocycles. The van der Waals surface area contributed by atoms with Crippen molar-refractivity contribution in [3.05, 3.63) is 81.3 Å². The summed E-state index contributed by atoms with van der Waals surface area (Å²) in [7, 11) is 0. The topological polar surface area (TPSA) is 124 Å². The van der Waals surface area contributed by atoms with Gasteiger partial charge in [0.2, 0.25) is 5.88 Å². The summed E-state index contributed by atoms with van der Waals surface area (Å²) in [5.41, 5.74) is 9.46. The normalized spacial score (nSPS) is 17.7. The maximum absolute atomic E-state index is 9.83. The van der Waals surface area contributed by atoms with E-state index in [1.54, 1.807) is 0 Å². The van der Waals surface area contributed by atoms with E-state index < -0.39 is 0 Å². The molecule has 4 N–H and O–H groups in total. The van der Waals surface area contributed by atoms with E-state index in [0.717, 1.165) is 53.3 Å². The Morgan fingerprint density at radius 1 is 1.14 bits per heavy atom. The standard InChI is InChI=1S/C27H28BrN7O2/c1-17-31-24(35-10-8-34(9-11-35)12-13-36)15-25(32-17)37-20-6-7-21-23(14-20)33-27(30)22(16-29)26(21)18-2-4-19(28)5-3-18/h2-7,14-15,26,33,36H,8-13,30H2,1H3. The number of nitrogens with zero attached hydrogens (tertiary/aromatic N) is 5. The second kappa shape index (κ2) is 10.8. The molecule has 3 aromatic rings. The molecule has 0 amide bonds. The van der Waals surface area contributed by atoms with Crippen molar-refractivity contribution < 1.29 is 9.84 Å². The van der Waals surface area contributed by atoms with Crippen molar-refractivity contribution in [3.63, 3.8) is 0 Å². The van der Waals surface area contributed by atoms with Crippen molar-refractivity contribution >= 4 is 27.4 Å². The summed E-state index contributed by atoms with van der Waals surface area (Å²) < 4.78 is 7.14. The maximum atomic E-state index is 9.83. The lowest BCUT2D eigenvalue weighted by atomic mass is 9.82. The van der Waals surface area contributed by atoms with Crippen LogP contribution in [-0.2, 0) is 0 Å². The van der Waals surface area contributed by atoms with Crippen LogP contribution in [0.3, 0.4) is 0 Å². The number of aryl methyl sites for hydroxylation is 1. The zero-order valence-electron chi connectivity index (χ0n) is 20.5. The average Bonchev–Trinajstić information content (AvgIpc) is 2.89. The van der Waals surface area contributed by atoms with Crippen LogP contribution in [0.2, 0.25) is 0 Å². The van der Waals surface area contributed by atoms with Gasteiger partial charge in [0.05, 0.1) is 18.2 Å². The van der Waals surface area contributed by atoms with Gasteiger partial charge in [-0.05, 0) is 36.2 Å². The van der Waals surface area contributed by atoms with Crippen LogP contribution >= 0.6 is 15.9 Å². The molecule has 0 aliphatic carbocycles. The molecular weight excluding hydrogens is 534 g/mol. The molecule has 0 radical (unpaired) electrons. The first kappa shape index (κ1) is 25.0. The highest BCUT2D eigenvalue weighted by atomic mass is 79.9. The number of aliphatic hydroxyl groups excluding tert-OH is 1. The van der Waals surface area contributed by atoms with Crippen molar-refractivity contribution in [1.82, 2.24) is 14.9 Å². The number of nitrogens with two attached hydrogens (primary N) is 1. The lowest BCUT2D eigenvalue weighted by Crippen LogP contribution is -2.47. The van der Waals surface area contributed by atoms with E-state index in [2.05, 4.69) is 47.1 Å². The van der Waals surface area contributed by atoms with Gasteiger partial charge >= 0.3 is 0 Å². The molecule has 1 saturated heterocycles. The number of nitriles is 1. The number of aliphatic hydroxyl groups is 1. The first-order chi connectivity index (χ1) is 17.9. The largest absolute Gasteiger partial charge is 0.439 e. The van der Waals surface area contributed by atoms with Crippen LogP contribution in [-0.4, -0.2) is 59.3 Å². The lowest BCUT2D eigenvalue weighted by molar-refractivity contribution is 0.188. The third kappa shape index (κ3) is 5.39. The number of fused-ring (bicyclic) bond motifs is 1. The Bertz CT molecular complexity index is 1360. The summed E-state index contributed by atoms with van der Waals surface area (Å²) in [6.45, 7) is 6.10. The first-order valence-electron chi connectivity index (χ1n) is 12.1. The molecule has 5 rings (SSSR count). The van der Waals surface area contributed by atoms with Gasteiger partial charge < -0.3 is 25.8 Å². The number of ether oxygens (including phenoxy) is 1. The van der Waals surface area contributed by atoms with Crippen LogP contribution in [0.4, 0.5) is 11.5 Å². The van der Waals surface area contributed by atoms with Gasteiger partial charge in [-0.1, -0.05) is 34.1 Å². The number of benzene rings is 2. The number of hydrogen-bond donors (Lipinski definition) is 3. The van der Waals surface area contributed by atoms with E-state index in [0.29, 0.717) is 35.4 Å². The molecule has 3 heterocycles. The fourth-order valence-electron chi connectivity index (χ4n) is 4.81. The molecule has 1 aromatic heterocycles. The number of aromatic nitrogens is 2. The number of anilines is 2. The number of rotatable bonds is 6. The predicted octanol–water partition coefficient (Wildman–Crippen LogP) is 3.71. The Morgan fingerprint density at radius 3 is 2.59 bits per heavy atom. The van der Waals surface area contributed by atoms with Gasteiger partial charge in [-0.2, -0.15) is 10.2 Å². The highest BCUT2D eigenvalue weighted by Gasteiger charge is 2.29.